The molecule has 17 heavy (non-hydrogen) atoms. The van der Waals surface area contributed by atoms with E-state index in [9.17, 15) is 0 Å². The first-order valence-corrected chi connectivity index (χ1v) is 6.52. The molecular formula is C13H22N4. The van der Waals surface area contributed by atoms with Crippen LogP contribution in [0.4, 0.5) is 5.82 Å². The monoisotopic (exact) mass is 234 g/mol. The largest absolute Gasteiger partial charge is 0.303 e. The molecule has 4 heteroatoms. The molecule has 1 aliphatic heterocycles. The summed E-state index contributed by atoms with van der Waals surface area (Å²) in [5.74, 6) is 2.23. The normalized spacial score (nSPS) is 17.4. The minimum atomic E-state index is 0.372. The molecule has 2 heterocycles. The smallest absolute Gasteiger partial charge is 0.144 e. The van der Waals surface area contributed by atoms with Crippen molar-refractivity contribution in [3.05, 3.63) is 17.6 Å². The zero-order chi connectivity index (χ0) is 12.3. The van der Waals surface area contributed by atoms with Gasteiger partial charge in [0, 0.05) is 30.8 Å². The molecule has 4 nitrogen and oxygen atoms in total. The van der Waals surface area contributed by atoms with Gasteiger partial charge in [0.15, 0.2) is 0 Å². The Morgan fingerprint density at radius 1 is 1.18 bits per heavy atom. The second-order valence-corrected chi connectivity index (χ2v) is 5.07. The summed E-state index contributed by atoms with van der Waals surface area (Å²) in [4.78, 5) is 9.02. The molecule has 94 valence electrons. The number of nitrogens with zero attached hydrogens (tertiary/aromatic N) is 3. The summed E-state index contributed by atoms with van der Waals surface area (Å²) in [5.41, 5.74) is 4.43. The topological polar surface area (TPSA) is 41.0 Å². The van der Waals surface area contributed by atoms with Crippen molar-refractivity contribution in [3.8, 4) is 0 Å². The van der Waals surface area contributed by atoms with E-state index in [0.29, 0.717) is 5.92 Å². The Balaban J connectivity index is 2.09. The van der Waals surface area contributed by atoms with E-state index in [-0.39, 0.29) is 0 Å². The molecule has 1 aromatic heterocycles. The van der Waals surface area contributed by atoms with Gasteiger partial charge in [0.2, 0.25) is 0 Å². The number of nitrogens with one attached hydrogen (secondary N) is 1. The fourth-order valence-corrected chi connectivity index (χ4v) is 2.07. The van der Waals surface area contributed by atoms with Crippen LogP contribution in [0.25, 0.3) is 0 Å². The fourth-order valence-electron chi connectivity index (χ4n) is 2.07. The van der Waals surface area contributed by atoms with E-state index in [1.807, 2.05) is 13.0 Å². The lowest BCUT2D eigenvalue weighted by Gasteiger charge is -2.27. The lowest BCUT2D eigenvalue weighted by Crippen LogP contribution is -2.35. The van der Waals surface area contributed by atoms with E-state index in [0.717, 1.165) is 30.4 Å². The molecule has 1 fully saturated rings. The molecule has 0 spiro atoms. The van der Waals surface area contributed by atoms with Crippen LogP contribution in [-0.2, 0) is 0 Å². The summed E-state index contributed by atoms with van der Waals surface area (Å²) in [6, 6.07) is 2.01. The van der Waals surface area contributed by atoms with Crippen LogP contribution < -0.4 is 5.43 Å². The van der Waals surface area contributed by atoms with E-state index in [4.69, 9.17) is 0 Å². The Morgan fingerprint density at radius 3 is 2.53 bits per heavy atom. The minimum Gasteiger partial charge on any atom is -0.303 e. The number of rotatable bonds is 3. The molecule has 0 saturated carbocycles. The highest BCUT2D eigenvalue weighted by molar-refractivity contribution is 5.35. The zero-order valence-electron chi connectivity index (χ0n) is 11.0. The highest BCUT2D eigenvalue weighted by Gasteiger charge is 2.12. The average Bonchev–Trinajstić information content (AvgIpc) is 2.29. The van der Waals surface area contributed by atoms with Gasteiger partial charge >= 0.3 is 0 Å². The standard InChI is InChI=1S/C13H22N4/c1-10(2)13-14-11(3)9-12(15-13)16-17-7-5-4-6-8-17/h9-10H,4-8H2,1-3H3,(H,14,15,16). The molecule has 0 unspecified atom stereocenters. The molecular weight excluding hydrogens is 212 g/mol. The van der Waals surface area contributed by atoms with Crippen LogP contribution in [0, 0.1) is 6.92 Å². The van der Waals surface area contributed by atoms with Crippen LogP contribution in [0.2, 0.25) is 0 Å². The maximum atomic E-state index is 4.56. The molecule has 1 saturated heterocycles. The molecule has 0 aliphatic carbocycles. The molecule has 1 aliphatic rings. The average molecular weight is 234 g/mol. The van der Waals surface area contributed by atoms with Crippen LogP contribution in [0.5, 0.6) is 0 Å². The van der Waals surface area contributed by atoms with Crippen LogP contribution in [0.3, 0.4) is 0 Å². The van der Waals surface area contributed by atoms with Crippen molar-refractivity contribution in [1.29, 1.82) is 0 Å². The number of anilines is 1. The molecule has 0 aromatic carbocycles. The van der Waals surface area contributed by atoms with Crippen LogP contribution in [-0.4, -0.2) is 28.1 Å². The Labute approximate surface area is 103 Å². The summed E-state index contributed by atoms with van der Waals surface area (Å²) < 4.78 is 0. The second kappa shape index (κ2) is 5.45. The van der Waals surface area contributed by atoms with Crippen LogP contribution >= 0.6 is 0 Å². The van der Waals surface area contributed by atoms with Crippen LogP contribution in [0.1, 0.15) is 50.5 Å². The minimum absolute atomic E-state index is 0.372. The number of hydrogen-bond donors (Lipinski definition) is 1. The summed E-state index contributed by atoms with van der Waals surface area (Å²) in [5, 5.41) is 2.26. The van der Waals surface area contributed by atoms with Gasteiger partial charge in [-0.25, -0.2) is 15.0 Å². The van der Waals surface area contributed by atoms with E-state index < -0.39 is 0 Å². The van der Waals surface area contributed by atoms with Crippen molar-refractivity contribution in [2.24, 2.45) is 0 Å². The van der Waals surface area contributed by atoms with Crippen molar-refractivity contribution >= 4 is 5.82 Å². The Kier molecular flexibility index (Phi) is 3.94. The van der Waals surface area contributed by atoms with Crippen molar-refractivity contribution in [1.82, 2.24) is 15.0 Å². The molecule has 1 aromatic rings. The summed E-state index contributed by atoms with van der Waals surface area (Å²) in [6.45, 7) is 8.49. The molecule has 2 rings (SSSR count). The van der Waals surface area contributed by atoms with Gasteiger partial charge in [-0.3, -0.25) is 0 Å². The highest BCUT2D eigenvalue weighted by atomic mass is 15.5. The zero-order valence-corrected chi connectivity index (χ0v) is 11.0. The number of aromatic nitrogens is 2. The van der Waals surface area contributed by atoms with Gasteiger partial charge in [0.1, 0.15) is 11.6 Å². The van der Waals surface area contributed by atoms with Crippen LogP contribution in [0.15, 0.2) is 6.07 Å². The van der Waals surface area contributed by atoms with Gasteiger partial charge in [-0.2, -0.15) is 0 Å². The first-order valence-electron chi connectivity index (χ1n) is 6.52. The maximum Gasteiger partial charge on any atom is 0.144 e. The second-order valence-electron chi connectivity index (χ2n) is 5.07. The lowest BCUT2D eigenvalue weighted by molar-refractivity contribution is 0.272. The van der Waals surface area contributed by atoms with Gasteiger partial charge in [-0.05, 0) is 19.8 Å². The number of hydrazine groups is 1. The molecule has 1 N–H and O–H groups in total. The molecule has 0 radical (unpaired) electrons. The molecule has 0 amide bonds. The third-order valence-electron chi connectivity index (χ3n) is 3.02. The van der Waals surface area contributed by atoms with Gasteiger partial charge in [-0.15, -0.1) is 0 Å². The summed E-state index contributed by atoms with van der Waals surface area (Å²) >= 11 is 0. The maximum absolute atomic E-state index is 4.56. The molecule has 0 bridgehead atoms. The third-order valence-corrected chi connectivity index (χ3v) is 3.02. The molecule has 0 atom stereocenters. The quantitative estimate of drug-likeness (QED) is 0.873. The number of aryl methyl sites for hydroxylation is 1. The number of hydrogen-bond acceptors (Lipinski definition) is 4. The fraction of sp³-hybridized carbons (Fsp3) is 0.692. The SMILES string of the molecule is Cc1cc(NN2CCCCC2)nc(C(C)C)n1. The summed E-state index contributed by atoms with van der Waals surface area (Å²) in [7, 11) is 0. The number of piperidine rings is 1. The first-order chi connectivity index (χ1) is 8.15. The summed E-state index contributed by atoms with van der Waals surface area (Å²) in [6.07, 6.45) is 3.89. The first kappa shape index (κ1) is 12.3. The van der Waals surface area contributed by atoms with E-state index >= 15 is 0 Å². The Morgan fingerprint density at radius 2 is 1.88 bits per heavy atom. The predicted molar refractivity (Wildman–Crippen MR) is 69.9 cm³/mol. The van der Waals surface area contributed by atoms with E-state index in [1.54, 1.807) is 0 Å². The lowest BCUT2D eigenvalue weighted by atomic mass is 10.2. The predicted octanol–water partition coefficient (Wildman–Crippen LogP) is 2.72. The van der Waals surface area contributed by atoms with Gasteiger partial charge < -0.3 is 5.43 Å². The van der Waals surface area contributed by atoms with E-state index in [2.05, 4.69) is 34.3 Å². The highest BCUT2D eigenvalue weighted by Crippen LogP contribution is 2.15. The van der Waals surface area contributed by atoms with Crippen molar-refractivity contribution in [3.63, 3.8) is 0 Å². The van der Waals surface area contributed by atoms with Gasteiger partial charge in [-0.1, -0.05) is 20.3 Å². The Bertz CT molecular complexity index is 370. The van der Waals surface area contributed by atoms with Crippen molar-refractivity contribution in [2.75, 3.05) is 18.5 Å². The third kappa shape index (κ3) is 3.40. The van der Waals surface area contributed by atoms with Gasteiger partial charge in [0.25, 0.3) is 0 Å². The van der Waals surface area contributed by atoms with Gasteiger partial charge in [0.05, 0.1) is 0 Å². The Hall–Kier alpha value is -1.16. The van der Waals surface area contributed by atoms with E-state index in [1.165, 1.54) is 19.3 Å². The van der Waals surface area contributed by atoms with Crippen molar-refractivity contribution in [2.45, 2.75) is 46.0 Å². The van der Waals surface area contributed by atoms with Crippen molar-refractivity contribution < 1.29 is 0 Å².